The molecule has 0 N–H and O–H groups in total. The quantitative estimate of drug-likeness (QED) is 0.595. The van der Waals surface area contributed by atoms with E-state index in [1.165, 1.54) is 25.7 Å². The van der Waals surface area contributed by atoms with Crippen LogP contribution in [0.25, 0.3) is 0 Å². The van der Waals surface area contributed by atoms with E-state index in [1.54, 1.807) is 0 Å². The van der Waals surface area contributed by atoms with Gasteiger partial charge in [0.2, 0.25) is 0 Å². The predicted molar refractivity (Wildman–Crippen MR) is 72.0 cm³/mol. The Hall–Kier alpha value is 0.440. The van der Waals surface area contributed by atoms with Gasteiger partial charge in [0, 0.05) is 4.83 Å². The first-order valence-electron chi connectivity index (χ1n) is 6.52. The molecule has 0 aromatic carbocycles. The Balaban J connectivity index is 2.28. The topological polar surface area (TPSA) is 9.23 Å². The maximum absolute atomic E-state index is 6.43. The first-order chi connectivity index (χ1) is 7.17. The first kappa shape index (κ1) is 12.9. The smallest absolute Gasteiger partial charge is 0.0695 e. The fourth-order valence-electron chi connectivity index (χ4n) is 3.94. The number of alkyl halides is 1. The largest absolute Gasteiger partial charge is 0.369 e. The molecule has 2 heteroatoms. The SMILES string of the molecule is CC1(C)CC[C@H]2C(C)(C)[C@H](Br)CC[C@]2(C)O1. The van der Waals surface area contributed by atoms with Crippen LogP contribution >= 0.6 is 15.9 Å². The van der Waals surface area contributed by atoms with E-state index in [4.69, 9.17) is 4.74 Å². The summed E-state index contributed by atoms with van der Waals surface area (Å²) in [5.41, 5.74) is 0.513. The number of ether oxygens (including phenoxy) is 1. The van der Waals surface area contributed by atoms with Crippen molar-refractivity contribution in [2.24, 2.45) is 11.3 Å². The van der Waals surface area contributed by atoms with Gasteiger partial charge in [-0.2, -0.15) is 0 Å². The van der Waals surface area contributed by atoms with Crippen LogP contribution in [0.5, 0.6) is 0 Å². The molecule has 1 aliphatic carbocycles. The number of halogens is 1. The molecule has 0 aromatic heterocycles. The van der Waals surface area contributed by atoms with Crippen molar-refractivity contribution in [1.82, 2.24) is 0 Å². The summed E-state index contributed by atoms with van der Waals surface area (Å²) >= 11 is 3.87. The van der Waals surface area contributed by atoms with Gasteiger partial charge in [-0.15, -0.1) is 0 Å². The zero-order valence-corrected chi connectivity index (χ0v) is 12.9. The molecule has 94 valence electrons. The van der Waals surface area contributed by atoms with Gasteiger partial charge >= 0.3 is 0 Å². The number of hydrogen-bond donors (Lipinski definition) is 0. The molecule has 0 radical (unpaired) electrons. The Morgan fingerprint density at radius 1 is 1.00 bits per heavy atom. The van der Waals surface area contributed by atoms with Crippen molar-refractivity contribution in [1.29, 1.82) is 0 Å². The average molecular weight is 289 g/mol. The Labute approximate surface area is 108 Å². The van der Waals surface area contributed by atoms with Crippen LogP contribution in [0, 0.1) is 11.3 Å². The summed E-state index contributed by atoms with van der Waals surface area (Å²) in [5.74, 6) is 0.686. The summed E-state index contributed by atoms with van der Waals surface area (Å²) in [7, 11) is 0. The lowest BCUT2D eigenvalue weighted by atomic mass is 9.58. The molecule has 0 bridgehead atoms. The average Bonchev–Trinajstić information content (AvgIpc) is 2.10. The van der Waals surface area contributed by atoms with E-state index in [0.717, 1.165) is 0 Å². The van der Waals surface area contributed by atoms with E-state index < -0.39 is 0 Å². The monoisotopic (exact) mass is 288 g/mol. The maximum Gasteiger partial charge on any atom is 0.0695 e. The molecule has 1 heterocycles. The van der Waals surface area contributed by atoms with Crippen LogP contribution in [0.3, 0.4) is 0 Å². The fourth-order valence-corrected chi connectivity index (χ4v) is 4.49. The van der Waals surface area contributed by atoms with Crippen molar-refractivity contribution in [3.8, 4) is 0 Å². The summed E-state index contributed by atoms with van der Waals surface area (Å²) in [6, 6.07) is 0. The van der Waals surface area contributed by atoms with E-state index in [1.807, 2.05) is 0 Å². The third kappa shape index (κ3) is 1.96. The Morgan fingerprint density at radius 2 is 1.62 bits per heavy atom. The molecule has 0 aromatic rings. The van der Waals surface area contributed by atoms with E-state index in [9.17, 15) is 0 Å². The van der Waals surface area contributed by atoms with Crippen molar-refractivity contribution < 1.29 is 4.74 Å². The van der Waals surface area contributed by atoms with E-state index >= 15 is 0 Å². The highest BCUT2D eigenvalue weighted by Crippen LogP contribution is 2.56. The molecule has 0 spiro atoms. The highest BCUT2D eigenvalue weighted by Gasteiger charge is 2.55. The van der Waals surface area contributed by atoms with Gasteiger partial charge in [-0.3, -0.25) is 0 Å². The second-order valence-electron chi connectivity index (χ2n) is 7.09. The van der Waals surface area contributed by atoms with Crippen molar-refractivity contribution >= 4 is 15.9 Å². The highest BCUT2D eigenvalue weighted by atomic mass is 79.9. The van der Waals surface area contributed by atoms with Crippen molar-refractivity contribution in [2.45, 2.75) is 76.3 Å². The number of rotatable bonds is 0. The summed E-state index contributed by atoms with van der Waals surface area (Å²) in [5, 5.41) is 0. The molecule has 0 unspecified atom stereocenters. The van der Waals surface area contributed by atoms with Gasteiger partial charge in [-0.1, -0.05) is 29.8 Å². The summed E-state index contributed by atoms with van der Waals surface area (Å²) in [6.07, 6.45) is 4.92. The van der Waals surface area contributed by atoms with Crippen LogP contribution in [0.2, 0.25) is 0 Å². The van der Waals surface area contributed by atoms with Crippen LogP contribution in [0.1, 0.15) is 60.3 Å². The summed E-state index contributed by atoms with van der Waals surface area (Å²) < 4.78 is 6.43. The second-order valence-corrected chi connectivity index (χ2v) is 8.20. The minimum atomic E-state index is 0.0699. The predicted octanol–water partition coefficient (Wildman–Crippen LogP) is 4.53. The van der Waals surface area contributed by atoms with Crippen molar-refractivity contribution in [3.63, 3.8) is 0 Å². The van der Waals surface area contributed by atoms with Gasteiger partial charge in [0.25, 0.3) is 0 Å². The minimum Gasteiger partial charge on any atom is -0.369 e. The molecular formula is C14H25BrO. The fraction of sp³-hybridized carbons (Fsp3) is 1.00. The zero-order chi connectivity index (χ0) is 12.2. The van der Waals surface area contributed by atoms with Crippen molar-refractivity contribution in [3.05, 3.63) is 0 Å². The van der Waals surface area contributed by atoms with Crippen LogP contribution in [0.4, 0.5) is 0 Å². The Kier molecular flexibility index (Phi) is 2.99. The number of fused-ring (bicyclic) bond motifs is 1. The number of hydrogen-bond acceptors (Lipinski definition) is 1. The van der Waals surface area contributed by atoms with Crippen LogP contribution in [-0.2, 0) is 4.74 Å². The van der Waals surface area contributed by atoms with E-state index in [0.29, 0.717) is 16.2 Å². The molecule has 1 saturated heterocycles. The lowest BCUT2D eigenvalue weighted by Gasteiger charge is -2.58. The Bertz CT molecular complexity index is 284. The molecule has 0 amide bonds. The van der Waals surface area contributed by atoms with Crippen LogP contribution in [-0.4, -0.2) is 16.0 Å². The minimum absolute atomic E-state index is 0.0699. The molecule has 1 nitrogen and oxygen atoms in total. The second kappa shape index (κ2) is 3.71. The zero-order valence-electron chi connectivity index (χ0n) is 11.3. The lowest BCUT2D eigenvalue weighted by Crippen LogP contribution is -2.59. The molecule has 1 aliphatic heterocycles. The van der Waals surface area contributed by atoms with Gasteiger partial charge in [0.05, 0.1) is 11.2 Å². The lowest BCUT2D eigenvalue weighted by molar-refractivity contribution is -0.230. The standard InChI is InChI=1S/C14H25BrO/c1-12(2)8-6-10-13(3,4)11(15)7-9-14(10,5)16-12/h10-11H,6-9H2,1-5H3/t10-,11+,14-/m0/s1. The van der Waals surface area contributed by atoms with Crippen molar-refractivity contribution in [2.75, 3.05) is 0 Å². The summed E-state index contributed by atoms with van der Waals surface area (Å²) in [4.78, 5) is 0.642. The highest BCUT2D eigenvalue weighted by molar-refractivity contribution is 9.09. The van der Waals surface area contributed by atoms with Crippen LogP contribution in [0.15, 0.2) is 0 Å². The molecule has 1 saturated carbocycles. The van der Waals surface area contributed by atoms with E-state index in [-0.39, 0.29) is 11.2 Å². The molecule has 16 heavy (non-hydrogen) atoms. The normalized spacial score (nSPS) is 46.1. The van der Waals surface area contributed by atoms with E-state index in [2.05, 4.69) is 50.5 Å². The Morgan fingerprint density at radius 3 is 2.25 bits per heavy atom. The third-order valence-electron chi connectivity index (χ3n) is 4.88. The maximum atomic E-state index is 6.43. The molecule has 2 aliphatic rings. The molecular weight excluding hydrogens is 264 g/mol. The third-order valence-corrected chi connectivity index (χ3v) is 6.52. The first-order valence-corrected chi connectivity index (χ1v) is 7.43. The van der Waals surface area contributed by atoms with Gasteiger partial charge in [0.15, 0.2) is 0 Å². The van der Waals surface area contributed by atoms with Crippen LogP contribution < -0.4 is 0 Å². The van der Waals surface area contributed by atoms with Gasteiger partial charge in [-0.25, -0.2) is 0 Å². The molecule has 3 atom stereocenters. The van der Waals surface area contributed by atoms with Gasteiger partial charge < -0.3 is 4.74 Å². The van der Waals surface area contributed by atoms with Gasteiger partial charge in [-0.05, 0) is 57.8 Å². The van der Waals surface area contributed by atoms with Gasteiger partial charge in [0.1, 0.15) is 0 Å². The summed E-state index contributed by atoms with van der Waals surface area (Å²) in [6.45, 7) is 11.6. The molecule has 2 rings (SSSR count). The molecule has 2 fully saturated rings.